The molecule has 1 aliphatic heterocycles. The van der Waals surface area contributed by atoms with Crippen molar-refractivity contribution in [1.82, 2.24) is 0 Å². The average molecular weight is 691 g/mol. The van der Waals surface area contributed by atoms with Crippen LogP contribution in [0.4, 0.5) is 4.39 Å². The van der Waals surface area contributed by atoms with Gasteiger partial charge in [-0.3, -0.25) is 0 Å². The van der Waals surface area contributed by atoms with Crippen molar-refractivity contribution in [1.29, 1.82) is 0 Å². The lowest BCUT2D eigenvalue weighted by atomic mass is 9.89. The molecule has 0 aliphatic carbocycles. The van der Waals surface area contributed by atoms with Crippen molar-refractivity contribution >= 4 is 21.4 Å². The number of hydrogen-bond donors (Lipinski definition) is 2. The van der Waals surface area contributed by atoms with Crippen molar-refractivity contribution in [2.75, 3.05) is 6.61 Å². The van der Waals surface area contributed by atoms with E-state index in [0.717, 1.165) is 26.8 Å². The maximum Gasteiger partial charge on any atom is 0.195 e. The third-order valence-corrected chi connectivity index (χ3v) is 10.2. The number of aliphatic hydroxyl groups excluding tert-OH is 1. The van der Waals surface area contributed by atoms with E-state index >= 15 is 4.39 Å². The lowest BCUT2D eigenvalue weighted by Crippen LogP contribution is -2.56. The fourth-order valence-electron chi connectivity index (χ4n) is 6.38. The van der Waals surface area contributed by atoms with E-state index in [2.05, 4.69) is 0 Å². The van der Waals surface area contributed by atoms with Crippen LogP contribution in [0.25, 0.3) is 10.1 Å². The molecule has 0 spiro atoms. The van der Waals surface area contributed by atoms with E-state index < -0.39 is 36.0 Å². The minimum Gasteiger partial charge on any atom is -0.383 e. The normalized spacial score (nSPS) is 21.3. The van der Waals surface area contributed by atoms with Gasteiger partial charge in [-0.2, -0.15) is 0 Å². The largest absolute Gasteiger partial charge is 0.383 e. The van der Waals surface area contributed by atoms with Gasteiger partial charge in [0.05, 0.1) is 32.5 Å². The van der Waals surface area contributed by atoms with E-state index in [1.807, 2.05) is 121 Å². The molecule has 1 aromatic heterocycles. The average Bonchev–Trinajstić information content (AvgIpc) is 3.59. The van der Waals surface area contributed by atoms with Crippen LogP contribution in [-0.4, -0.2) is 35.1 Å². The van der Waals surface area contributed by atoms with Crippen molar-refractivity contribution in [2.45, 2.75) is 56.4 Å². The molecule has 50 heavy (non-hydrogen) atoms. The van der Waals surface area contributed by atoms with Gasteiger partial charge in [-0.05, 0) is 46.3 Å². The Morgan fingerprint density at radius 2 is 1.34 bits per heavy atom. The zero-order valence-corrected chi connectivity index (χ0v) is 28.3. The standard InChI is InChI=1S/C42H39FO6S/c43-35-21-20-33(23-34(35)40(44)39-22-32-18-10-11-19-38(32)50-39)42(45)24-36(47-26-30-14-6-2-7-15-30)41(48-27-31-16-8-3-9-17-31)37(49-42)28-46-25-29-12-4-1-5-13-29/h1-23,36-37,40-41,44-45H,24-28H2/t36?,37?,40?,41-,42?/m0/s1. The van der Waals surface area contributed by atoms with E-state index in [1.165, 1.54) is 29.5 Å². The Morgan fingerprint density at radius 3 is 2.00 bits per heavy atom. The van der Waals surface area contributed by atoms with Crippen LogP contribution in [0, 0.1) is 5.82 Å². The molecule has 6 aromatic rings. The van der Waals surface area contributed by atoms with Crippen molar-refractivity contribution < 1.29 is 33.6 Å². The number of thiophene rings is 1. The number of halogens is 1. The van der Waals surface area contributed by atoms with Gasteiger partial charge in [-0.15, -0.1) is 11.3 Å². The van der Waals surface area contributed by atoms with Crippen LogP contribution < -0.4 is 0 Å². The highest BCUT2D eigenvalue weighted by molar-refractivity contribution is 7.19. The zero-order chi connectivity index (χ0) is 34.3. The van der Waals surface area contributed by atoms with Crippen LogP contribution in [0.1, 0.15) is 45.2 Å². The van der Waals surface area contributed by atoms with Crippen LogP contribution in [0.5, 0.6) is 0 Å². The van der Waals surface area contributed by atoms with Gasteiger partial charge in [-0.1, -0.05) is 115 Å². The summed E-state index contributed by atoms with van der Waals surface area (Å²) in [4.78, 5) is 0.601. The van der Waals surface area contributed by atoms with Crippen LogP contribution in [0.3, 0.4) is 0 Å². The summed E-state index contributed by atoms with van der Waals surface area (Å²) in [6, 6.07) is 43.4. The van der Waals surface area contributed by atoms with Crippen LogP contribution >= 0.6 is 11.3 Å². The Labute approximate surface area is 295 Å². The second-order valence-electron chi connectivity index (χ2n) is 12.6. The Morgan fingerprint density at radius 1 is 0.740 bits per heavy atom. The number of ether oxygens (including phenoxy) is 4. The van der Waals surface area contributed by atoms with Crippen molar-refractivity contribution in [2.24, 2.45) is 0 Å². The number of aliphatic hydroxyl groups is 2. The summed E-state index contributed by atoms with van der Waals surface area (Å²) in [6.45, 7) is 1.02. The summed E-state index contributed by atoms with van der Waals surface area (Å²) < 4.78 is 42.2. The molecule has 0 bridgehead atoms. The molecule has 5 aromatic carbocycles. The first kappa shape index (κ1) is 34.2. The highest BCUT2D eigenvalue weighted by atomic mass is 32.1. The van der Waals surface area contributed by atoms with Crippen LogP contribution in [0.2, 0.25) is 0 Å². The van der Waals surface area contributed by atoms with E-state index in [-0.39, 0.29) is 25.2 Å². The quantitative estimate of drug-likeness (QED) is 0.127. The van der Waals surface area contributed by atoms with Gasteiger partial charge >= 0.3 is 0 Å². The highest BCUT2D eigenvalue weighted by Gasteiger charge is 2.49. The highest BCUT2D eigenvalue weighted by Crippen LogP contribution is 2.41. The summed E-state index contributed by atoms with van der Waals surface area (Å²) in [5.74, 6) is -2.49. The molecule has 6 nitrogen and oxygen atoms in total. The maximum atomic E-state index is 15.4. The molecule has 0 amide bonds. The van der Waals surface area contributed by atoms with Crippen LogP contribution in [-0.2, 0) is 44.6 Å². The van der Waals surface area contributed by atoms with E-state index in [0.29, 0.717) is 23.7 Å². The minimum atomic E-state index is -1.91. The number of rotatable bonds is 13. The summed E-state index contributed by atoms with van der Waals surface area (Å²) in [5, 5.41) is 24.8. The summed E-state index contributed by atoms with van der Waals surface area (Å²) in [7, 11) is 0. The predicted octanol–water partition coefficient (Wildman–Crippen LogP) is 8.44. The molecule has 0 saturated carbocycles. The molecule has 8 heteroatoms. The first-order valence-electron chi connectivity index (χ1n) is 16.7. The topological polar surface area (TPSA) is 77.4 Å². The van der Waals surface area contributed by atoms with E-state index in [4.69, 9.17) is 18.9 Å². The number of fused-ring (bicyclic) bond motifs is 1. The second-order valence-corrected chi connectivity index (χ2v) is 13.7. The van der Waals surface area contributed by atoms with Gasteiger partial charge < -0.3 is 29.2 Å². The van der Waals surface area contributed by atoms with E-state index in [1.54, 1.807) is 0 Å². The monoisotopic (exact) mass is 690 g/mol. The molecule has 2 N–H and O–H groups in total. The summed E-state index contributed by atoms with van der Waals surface area (Å²) in [6.07, 6.45) is -3.25. The predicted molar refractivity (Wildman–Crippen MR) is 192 cm³/mol. The molecule has 1 saturated heterocycles. The van der Waals surface area contributed by atoms with Gasteiger partial charge in [-0.25, -0.2) is 4.39 Å². The summed E-state index contributed by atoms with van der Waals surface area (Å²) in [5.41, 5.74) is 3.30. The van der Waals surface area contributed by atoms with Crippen molar-refractivity contribution in [3.05, 3.63) is 178 Å². The molecular weight excluding hydrogens is 652 g/mol. The van der Waals surface area contributed by atoms with Gasteiger partial charge in [0.15, 0.2) is 5.79 Å². The third kappa shape index (κ3) is 8.04. The SMILES string of the molecule is OC(c1cc2ccccc2s1)c1cc(C2(O)CC(OCc3ccccc3)[C@H](OCc3ccccc3)C(COCc3ccccc3)O2)ccc1F. The molecule has 0 radical (unpaired) electrons. The summed E-state index contributed by atoms with van der Waals surface area (Å²) >= 11 is 1.40. The fourth-order valence-corrected chi connectivity index (χ4v) is 7.44. The lowest BCUT2D eigenvalue weighted by molar-refractivity contribution is -0.328. The molecule has 1 aliphatic rings. The fraction of sp³-hybridized carbons (Fsp3) is 0.238. The lowest BCUT2D eigenvalue weighted by Gasteiger charge is -2.46. The number of benzene rings is 5. The molecule has 4 unspecified atom stereocenters. The number of hydrogen-bond acceptors (Lipinski definition) is 7. The Bertz CT molecular complexity index is 1940. The van der Waals surface area contributed by atoms with Gasteiger partial charge in [0.2, 0.25) is 0 Å². The van der Waals surface area contributed by atoms with Crippen LogP contribution in [0.15, 0.2) is 140 Å². The van der Waals surface area contributed by atoms with Crippen molar-refractivity contribution in [3.8, 4) is 0 Å². The third-order valence-electron chi connectivity index (χ3n) is 9.00. The van der Waals surface area contributed by atoms with Crippen molar-refractivity contribution in [3.63, 3.8) is 0 Å². The molecule has 5 atom stereocenters. The second kappa shape index (κ2) is 15.7. The van der Waals surface area contributed by atoms with E-state index in [9.17, 15) is 10.2 Å². The van der Waals surface area contributed by atoms with Gasteiger partial charge in [0.1, 0.15) is 24.1 Å². The first-order chi connectivity index (χ1) is 24.4. The zero-order valence-electron chi connectivity index (χ0n) is 27.4. The molecule has 7 rings (SSSR count). The van der Waals surface area contributed by atoms with Gasteiger partial charge in [0.25, 0.3) is 0 Å². The molecule has 1 fully saturated rings. The molecular formula is C42H39FO6S. The molecule has 256 valence electrons. The van der Waals surface area contributed by atoms with Gasteiger partial charge in [0, 0.05) is 27.1 Å². The Hall–Kier alpha value is -4.25. The maximum absolute atomic E-state index is 15.4. The first-order valence-corrected chi connectivity index (χ1v) is 17.6. The minimum absolute atomic E-state index is 0.00146. The smallest absolute Gasteiger partial charge is 0.195 e. The Balaban J connectivity index is 1.20. The molecule has 2 heterocycles. The Kier molecular flexibility index (Phi) is 10.8.